The summed E-state index contributed by atoms with van der Waals surface area (Å²) in [5.74, 6) is 0. The molecule has 0 bridgehead atoms. The van der Waals surface area contributed by atoms with Gasteiger partial charge >= 0.3 is 5.69 Å². The summed E-state index contributed by atoms with van der Waals surface area (Å²) in [6.45, 7) is 1.15. The minimum Gasteiger partial charge on any atom is -0.394 e. The molecule has 1 aromatic heterocycles. The molecule has 8 nitrogen and oxygen atoms in total. The van der Waals surface area contributed by atoms with Crippen molar-refractivity contribution < 1.29 is 19.7 Å². The second kappa shape index (κ2) is 5.25. The molecule has 4 unspecified atom stereocenters. The first-order valence-corrected chi connectivity index (χ1v) is 5.78. The Hall–Kier alpha value is -1.48. The molecular formula is C11H16N2O6. The van der Waals surface area contributed by atoms with E-state index >= 15 is 0 Å². The molecule has 0 amide bonds. The molecule has 1 aliphatic heterocycles. The molecule has 3 N–H and O–H groups in total. The second-order valence-corrected chi connectivity index (χ2v) is 4.42. The smallest absolute Gasteiger partial charge is 0.330 e. The lowest BCUT2D eigenvalue weighted by Gasteiger charge is -2.20. The van der Waals surface area contributed by atoms with Gasteiger partial charge in [0.15, 0.2) is 6.23 Å². The highest BCUT2D eigenvalue weighted by Crippen LogP contribution is 2.30. The van der Waals surface area contributed by atoms with E-state index in [0.717, 1.165) is 4.57 Å². The Morgan fingerprint density at radius 1 is 1.53 bits per heavy atom. The molecule has 1 saturated heterocycles. The molecule has 1 aromatic rings. The number of methoxy groups -OCH3 is 1. The van der Waals surface area contributed by atoms with Gasteiger partial charge in [-0.05, 0) is 6.92 Å². The van der Waals surface area contributed by atoms with Gasteiger partial charge < -0.3 is 19.7 Å². The summed E-state index contributed by atoms with van der Waals surface area (Å²) >= 11 is 0. The Morgan fingerprint density at radius 2 is 2.21 bits per heavy atom. The zero-order chi connectivity index (χ0) is 14.2. The highest BCUT2D eigenvalue weighted by molar-refractivity contribution is 5.03. The standard InChI is InChI=1S/C11H16N2O6/c1-5-3-13(11(17)12-9(5)16)10-8(18-2)7(15)6(4-14)19-10/h3,6-8,10,14-15H,4H2,1-2H3,(H,12,16,17). The first kappa shape index (κ1) is 13.9. The normalized spacial score (nSPS) is 30.7. The van der Waals surface area contributed by atoms with Crippen LogP contribution in [-0.4, -0.2) is 51.8 Å². The molecule has 19 heavy (non-hydrogen) atoms. The molecule has 0 radical (unpaired) electrons. The van der Waals surface area contributed by atoms with Gasteiger partial charge in [0.1, 0.15) is 18.3 Å². The quantitative estimate of drug-likeness (QED) is 0.593. The molecule has 0 aromatic carbocycles. The van der Waals surface area contributed by atoms with E-state index in [4.69, 9.17) is 14.6 Å². The first-order valence-electron chi connectivity index (χ1n) is 5.78. The number of nitrogens with zero attached hydrogens (tertiary/aromatic N) is 1. The number of aryl methyl sites for hydroxylation is 1. The fourth-order valence-corrected chi connectivity index (χ4v) is 2.12. The third-order valence-electron chi connectivity index (χ3n) is 3.18. The lowest BCUT2D eigenvalue weighted by molar-refractivity contribution is -0.0626. The average molecular weight is 272 g/mol. The van der Waals surface area contributed by atoms with Crippen LogP contribution in [0.25, 0.3) is 0 Å². The summed E-state index contributed by atoms with van der Waals surface area (Å²) in [6.07, 6.45) is -2.27. The first-order chi connectivity index (χ1) is 8.99. The summed E-state index contributed by atoms with van der Waals surface area (Å²) in [7, 11) is 1.37. The molecule has 0 aliphatic carbocycles. The fourth-order valence-electron chi connectivity index (χ4n) is 2.12. The monoisotopic (exact) mass is 272 g/mol. The van der Waals surface area contributed by atoms with Gasteiger partial charge in [0.25, 0.3) is 5.56 Å². The van der Waals surface area contributed by atoms with Crippen LogP contribution < -0.4 is 11.2 Å². The zero-order valence-electron chi connectivity index (χ0n) is 10.6. The van der Waals surface area contributed by atoms with Crippen molar-refractivity contribution in [3.05, 3.63) is 32.6 Å². The predicted octanol–water partition coefficient (Wildman–Crippen LogP) is -1.89. The van der Waals surface area contributed by atoms with E-state index in [-0.39, 0.29) is 0 Å². The Balaban J connectivity index is 2.44. The average Bonchev–Trinajstić information content (AvgIpc) is 2.70. The van der Waals surface area contributed by atoms with Gasteiger partial charge in [0.2, 0.25) is 0 Å². The number of aromatic nitrogens is 2. The summed E-state index contributed by atoms with van der Waals surface area (Å²) in [5.41, 5.74) is -0.805. The van der Waals surface area contributed by atoms with Crippen molar-refractivity contribution in [2.45, 2.75) is 31.5 Å². The number of aliphatic hydroxyl groups excluding tert-OH is 2. The number of hydrogen-bond acceptors (Lipinski definition) is 6. The van der Waals surface area contributed by atoms with Crippen molar-refractivity contribution in [2.24, 2.45) is 0 Å². The van der Waals surface area contributed by atoms with Crippen molar-refractivity contribution in [1.82, 2.24) is 9.55 Å². The Labute approximate surface area is 108 Å². The SMILES string of the molecule is COC1C(O)C(CO)OC1n1cc(C)c(=O)[nH]c1=O. The molecule has 0 saturated carbocycles. The van der Waals surface area contributed by atoms with Gasteiger partial charge in [-0.1, -0.05) is 0 Å². The van der Waals surface area contributed by atoms with E-state index in [1.807, 2.05) is 0 Å². The van der Waals surface area contributed by atoms with Gasteiger partial charge in [-0.3, -0.25) is 14.3 Å². The lowest BCUT2D eigenvalue weighted by atomic mass is 10.1. The maximum atomic E-state index is 11.8. The van der Waals surface area contributed by atoms with Crippen LogP contribution in [0.15, 0.2) is 15.8 Å². The van der Waals surface area contributed by atoms with Crippen molar-refractivity contribution in [3.63, 3.8) is 0 Å². The molecule has 2 rings (SSSR count). The van der Waals surface area contributed by atoms with Gasteiger partial charge in [-0.2, -0.15) is 0 Å². The van der Waals surface area contributed by atoms with E-state index in [1.54, 1.807) is 6.92 Å². The molecule has 1 fully saturated rings. The fraction of sp³-hybridized carbons (Fsp3) is 0.636. The largest absolute Gasteiger partial charge is 0.394 e. The number of H-pyrrole nitrogens is 1. The van der Waals surface area contributed by atoms with Gasteiger partial charge in [-0.25, -0.2) is 4.79 Å². The molecule has 106 valence electrons. The summed E-state index contributed by atoms with van der Waals surface area (Å²) in [6, 6.07) is 0. The van der Waals surface area contributed by atoms with E-state index in [9.17, 15) is 14.7 Å². The summed E-state index contributed by atoms with van der Waals surface area (Å²) < 4.78 is 11.7. The summed E-state index contributed by atoms with van der Waals surface area (Å²) in [4.78, 5) is 25.2. The van der Waals surface area contributed by atoms with Gasteiger partial charge in [0.05, 0.1) is 6.61 Å². The van der Waals surface area contributed by atoms with Crippen molar-refractivity contribution in [3.8, 4) is 0 Å². The highest BCUT2D eigenvalue weighted by atomic mass is 16.6. The molecule has 4 atom stereocenters. The number of nitrogens with one attached hydrogen (secondary N) is 1. The van der Waals surface area contributed by atoms with Crippen molar-refractivity contribution in [1.29, 1.82) is 0 Å². The van der Waals surface area contributed by atoms with Crippen LogP contribution in [0.2, 0.25) is 0 Å². The topological polar surface area (TPSA) is 114 Å². The van der Waals surface area contributed by atoms with Crippen LogP contribution in [0.1, 0.15) is 11.8 Å². The van der Waals surface area contributed by atoms with Crippen LogP contribution in [0.4, 0.5) is 0 Å². The third kappa shape index (κ3) is 2.35. The molecule has 0 spiro atoms. The van der Waals surface area contributed by atoms with Crippen LogP contribution >= 0.6 is 0 Å². The van der Waals surface area contributed by atoms with Crippen molar-refractivity contribution >= 4 is 0 Å². The second-order valence-electron chi connectivity index (χ2n) is 4.42. The van der Waals surface area contributed by atoms with E-state index in [1.165, 1.54) is 13.3 Å². The predicted molar refractivity (Wildman–Crippen MR) is 63.9 cm³/mol. The Bertz CT molecular complexity index is 565. The van der Waals surface area contributed by atoms with Crippen LogP contribution in [0, 0.1) is 6.92 Å². The minimum absolute atomic E-state index is 0.333. The van der Waals surface area contributed by atoms with E-state index < -0.39 is 42.4 Å². The number of rotatable bonds is 3. The lowest BCUT2D eigenvalue weighted by Crippen LogP contribution is -2.39. The molecule has 1 aliphatic rings. The van der Waals surface area contributed by atoms with Gasteiger partial charge in [-0.15, -0.1) is 0 Å². The van der Waals surface area contributed by atoms with Crippen molar-refractivity contribution in [2.75, 3.05) is 13.7 Å². The Morgan fingerprint density at radius 3 is 2.79 bits per heavy atom. The van der Waals surface area contributed by atoms with E-state index in [2.05, 4.69) is 4.98 Å². The number of aliphatic hydroxyl groups is 2. The molecular weight excluding hydrogens is 256 g/mol. The van der Waals surface area contributed by atoms with Gasteiger partial charge in [0, 0.05) is 18.9 Å². The third-order valence-corrected chi connectivity index (χ3v) is 3.18. The minimum atomic E-state index is -1.06. The Kier molecular flexibility index (Phi) is 3.85. The molecule has 2 heterocycles. The van der Waals surface area contributed by atoms with E-state index in [0.29, 0.717) is 5.56 Å². The summed E-state index contributed by atoms with van der Waals surface area (Å²) in [5, 5.41) is 19.0. The number of hydrogen-bond donors (Lipinski definition) is 3. The molecule has 8 heteroatoms. The van der Waals surface area contributed by atoms with Crippen LogP contribution in [-0.2, 0) is 9.47 Å². The maximum Gasteiger partial charge on any atom is 0.330 e. The number of aromatic amines is 1. The van der Waals surface area contributed by atoms with Crippen LogP contribution in [0.3, 0.4) is 0 Å². The number of ether oxygens (including phenoxy) is 2. The van der Waals surface area contributed by atoms with Crippen LogP contribution in [0.5, 0.6) is 0 Å². The zero-order valence-corrected chi connectivity index (χ0v) is 10.6. The maximum absolute atomic E-state index is 11.8. The highest BCUT2D eigenvalue weighted by Gasteiger charge is 2.45.